The molecule has 25 heavy (non-hydrogen) atoms. The van der Waals surface area contributed by atoms with E-state index in [9.17, 15) is 19.2 Å². The van der Waals surface area contributed by atoms with Crippen LogP contribution in [0.5, 0.6) is 0 Å². The maximum atomic E-state index is 11.8. The van der Waals surface area contributed by atoms with Crippen LogP contribution in [0.25, 0.3) is 0 Å². The predicted octanol–water partition coefficient (Wildman–Crippen LogP) is 2.55. The average Bonchev–Trinajstić information content (AvgIpc) is 2.97. The molecule has 1 radical (unpaired) electrons. The summed E-state index contributed by atoms with van der Waals surface area (Å²) in [5.74, 6) is -3.07. The standard InChI is InChI=1S/C16H20BIO6P/c1-16(2,8-25-17-18)7-9(3-10-5-12(19)23-14(10)21)4-11-6-13(20)24-15(11)22/h7,10-11,25H,3-6,8H2,1-2H3. The molecule has 2 rings (SSSR count). The van der Waals surface area contributed by atoms with E-state index in [1.54, 1.807) is 0 Å². The normalized spacial score (nSPS) is 24.0. The van der Waals surface area contributed by atoms with Gasteiger partial charge in [-0.2, -0.15) is 22.4 Å². The maximum Gasteiger partial charge on any atom is 0.317 e. The second-order valence-corrected chi connectivity index (χ2v) is 9.93. The smallest absolute Gasteiger partial charge is 0.317 e. The first-order valence-corrected chi connectivity index (χ1v) is 10.6. The van der Waals surface area contributed by atoms with Crippen molar-refractivity contribution in [1.82, 2.24) is 0 Å². The number of halogens is 1. The Balaban J connectivity index is 2.15. The van der Waals surface area contributed by atoms with Gasteiger partial charge in [0.2, 0.25) is 4.86 Å². The first kappa shape index (κ1) is 20.6. The topological polar surface area (TPSA) is 86.7 Å². The van der Waals surface area contributed by atoms with Crippen molar-refractivity contribution in [3.63, 3.8) is 0 Å². The van der Waals surface area contributed by atoms with Crippen LogP contribution in [-0.2, 0) is 28.7 Å². The fraction of sp³-hybridized carbons (Fsp3) is 0.625. The van der Waals surface area contributed by atoms with Gasteiger partial charge in [-0.05, 0) is 24.4 Å². The van der Waals surface area contributed by atoms with Crippen molar-refractivity contribution < 1.29 is 28.7 Å². The predicted molar refractivity (Wildman–Crippen MR) is 102 cm³/mol. The van der Waals surface area contributed by atoms with Crippen LogP contribution in [0.2, 0.25) is 0 Å². The minimum Gasteiger partial charge on any atom is -0.393 e. The molecule has 2 aliphatic rings. The SMILES string of the molecule is CC(C)(C=C(CC1CC(=O)OC1=O)CC1CC(=O)OC1=O)CP[B]I. The van der Waals surface area contributed by atoms with E-state index in [4.69, 9.17) is 0 Å². The van der Waals surface area contributed by atoms with Gasteiger partial charge in [0.05, 0.1) is 24.7 Å². The van der Waals surface area contributed by atoms with Gasteiger partial charge in [0, 0.05) is 0 Å². The largest absolute Gasteiger partial charge is 0.393 e. The zero-order chi connectivity index (χ0) is 18.6. The summed E-state index contributed by atoms with van der Waals surface area (Å²) in [5, 5.41) is 0. The Morgan fingerprint density at radius 1 is 1.12 bits per heavy atom. The molecule has 135 valence electrons. The monoisotopic (exact) mass is 477 g/mol. The number of carbonyl (C=O) groups excluding carboxylic acids is 4. The van der Waals surface area contributed by atoms with E-state index in [1.807, 2.05) is 0 Å². The average molecular weight is 477 g/mol. The lowest BCUT2D eigenvalue weighted by atomic mass is 9.84. The quantitative estimate of drug-likeness (QED) is 0.134. The van der Waals surface area contributed by atoms with E-state index in [0.717, 1.165) is 11.7 Å². The lowest BCUT2D eigenvalue weighted by Gasteiger charge is -2.23. The molecule has 3 atom stereocenters. The third kappa shape index (κ3) is 6.17. The zero-order valence-corrected chi connectivity index (χ0v) is 17.3. The maximum absolute atomic E-state index is 11.8. The van der Waals surface area contributed by atoms with Crippen LogP contribution >= 0.6 is 30.8 Å². The lowest BCUT2D eigenvalue weighted by Crippen LogP contribution is -2.17. The van der Waals surface area contributed by atoms with E-state index >= 15 is 0 Å². The van der Waals surface area contributed by atoms with Gasteiger partial charge in [-0.3, -0.25) is 19.2 Å². The van der Waals surface area contributed by atoms with E-state index < -0.39 is 35.7 Å². The van der Waals surface area contributed by atoms with Crippen molar-refractivity contribution in [3.8, 4) is 0 Å². The summed E-state index contributed by atoms with van der Waals surface area (Å²) in [6.07, 6.45) is 3.88. The van der Waals surface area contributed by atoms with Crippen LogP contribution in [0, 0.1) is 17.3 Å². The van der Waals surface area contributed by atoms with Crippen LogP contribution in [0.1, 0.15) is 39.5 Å². The van der Waals surface area contributed by atoms with E-state index in [2.05, 4.69) is 56.6 Å². The van der Waals surface area contributed by atoms with Crippen molar-refractivity contribution in [2.24, 2.45) is 17.3 Å². The van der Waals surface area contributed by atoms with Gasteiger partial charge >= 0.3 is 23.9 Å². The van der Waals surface area contributed by atoms with Crippen molar-refractivity contribution in [3.05, 3.63) is 11.6 Å². The number of hydrogen-bond donors (Lipinski definition) is 0. The molecule has 9 heteroatoms. The van der Waals surface area contributed by atoms with Crippen molar-refractivity contribution in [2.45, 2.75) is 39.5 Å². The molecule has 0 aliphatic carbocycles. The second-order valence-electron chi connectivity index (χ2n) is 7.08. The van der Waals surface area contributed by atoms with Crippen molar-refractivity contribution >= 4 is 59.6 Å². The van der Waals surface area contributed by atoms with Crippen LogP contribution in [0.3, 0.4) is 0 Å². The van der Waals surface area contributed by atoms with Gasteiger partial charge < -0.3 is 9.47 Å². The highest BCUT2D eigenvalue weighted by atomic mass is 127. The Bertz CT molecular complexity index is 578. The van der Waals surface area contributed by atoms with E-state index in [1.165, 1.54) is 0 Å². The lowest BCUT2D eigenvalue weighted by molar-refractivity contribution is -0.154. The van der Waals surface area contributed by atoms with Crippen LogP contribution in [-0.4, -0.2) is 34.9 Å². The number of hydrogen-bond acceptors (Lipinski definition) is 6. The first-order chi connectivity index (χ1) is 11.7. The molecule has 0 bridgehead atoms. The molecule has 3 unspecified atom stereocenters. The molecule has 2 aliphatic heterocycles. The molecule has 0 amide bonds. The molecule has 2 heterocycles. The van der Waals surface area contributed by atoms with Gasteiger partial charge in [-0.15, -0.1) is 8.46 Å². The summed E-state index contributed by atoms with van der Waals surface area (Å²) in [4.78, 5) is 48.3. The molecule has 0 N–H and O–H groups in total. The highest BCUT2D eigenvalue weighted by Crippen LogP contribution is 2.35. The Morgan fingerprint density at radius 3 is 1.96 bits per heavy atom. The number of ether oxygens (including phenoxy) is 2. The Labute approximate surface area is 162 Å². The van der Waals surface area contributed by atoms with Crippen LogP contribution in [0.4, 0.5) is 0 Å². The van der Waals surface area contributed by atoms with Gasteiger partial charge in [0.1, 0.15) is 0 Å². The Hall–Kier alpha value is -0.755. The van der Waals surface area contributed by atoms with E-state index in [0.29, 0.717) is 21.3 Å². The Morgan fingerprint density at radius 2 is 1.60 bits per heavy atom. The molecule has 0 aromatic rings. The van der Waals surface area contributed by atoms with Crippen molar-refractivity contribution in [2.75, 3.05) is 6.16 Å². The molecular formula is C16H20BIO6P. The van der Waals surface area contributed by atoms with Crippen LogP contribution < -0.4 is 0 Å². The summed E-state index contributed by atoms with van der Waals surface area (Å²) in [7, 11) is 0.691. The summed E-state index contributed by atoms with van der Waals surface area (Å²) >= 11 is 2.22. The number of esters is 4. The fourth-order valence-electron chi connectivity index (χ4n) is 3.09. The summed E-state index contributed by atoms with van der Waals surface area (Å²) in [6.45, 7) is 4.19. The molecule has 0 saturated carbocycles. The molecule has 2 fully saturated rings. The highest BCUT2D eigenvalue weighted by Gasteiger charge is 2.37. The summed E-state index contributed by atoms with van der Waals surface area (Å²) in [5.41, 5.74) is 0.783. The number of rotatable bonds is 8. The zero-order valence-electron chi connectivity index (χ0n) is 14.2. The molecule has 0 aromatic heterocycles. The third-order valence-electron chi connectivity index (χ3n) is 4.17. The fourth-order valence-corrected chi connectivity index (χ4v) is 4.46. The minimum atomic E-state index is -0.513. The second kappa shape index (κ2) is 8.76. The first-order valence-electron chi connectivity index (χ1n) is 8.05. The van der Waals surface area contributed by atoms with Gasteiger partial charge in [0.15, 0.2) is 0 Å². The van der Waals surface area contributed by atoms with Crippen LogP contribution in [0.15, 0.2) is 11.6 Å². The number of cyclic esters (lactones) is 4. The molecule has 0 spiro atoms. The van der Waals surface area contributed by atoms with E-state index in [-0.39, 0.29) is 18.3 Å². The molecule has 2 saturated heterocycles. The minimum absolute atomic E-state index is 0.0634. The van der Waals surface area contributed by atoms with Crippen molar-refractivity contribution in [1.29, 1.82) is 0 Å². The van der Waals surface area contributed by atoms with Gasteiger partial charge in [0.25, 0.3) is 0 Å². The molecular weight excluding hydrogens is 457 g/mol. The number of allylic oxidation sites excluding steroid dienone is 2. The molecule has 0 aromatic carbocycles. The molecule has 6 nitrogen and oxygen atoms in total. The number of carbonyl (C=O) groups is 4. The highest BCUT2D eigenvalue weighted by molar-refractivity contribution is 14.1. The third-order valence-corrected chi connectivity index (χ3v) is 6.76. The van der Waals surface area contributed by atoms with Gasteiger partial charge in [-0.1, -0.05) is 25.5 Å². The summed E-state index contributed by atoms with van der Waals surface area (Å²) < 4.78 is 9.24. The summed E-state index contributed by atoms with van der Waals surface area (Å²) in [6, 6.07) is 0. The Kier molecular flexibility index (Phi) is 7.20. The van der Waals surface area contributed by atoms with Gasteiger partial charge in [-0.25, -0.2) is 0 Å².